The zero-order chi connectivity index (χ0) is 13.2. The van der Waals surface area contributed by atoms with Gasteiger partial charge in [0.05, 0.1) is 26.4 Å². The Balaban J connectivity index is 2.29. The molecule has 1 aliphatic heterocycles. The zero-order valence-corrected chi connectivity index (χ0v) is 11.8. The number of piperidine rings is 1. The second kappa shape index (κ2) is 9.69. The van der Waals surface area contributed by atoms with Crippen LogP contribution in [0.2, 0.25) is 0 Å². The summed E-state index contributed by atoms with van der Waals surface area (Å²) in [6.45, 7) is 5.66. The molecule has 2 N–H and O–H groups in total. The molecule has 108 valence electrons. The molecule has 2 atom stereocenters. The van der Waals surface area contributed by atoms with Gasteiger partial charge in [-0.15, -0.1) is 0 Å². The molecular formula is C13H28N2O3. The Bertz CT molecular complexity index is 203. The smallest absolute Gasteiger partial charge is 0.0701 e. The first-order chi connectivity index (χ1) is 8.81. The minimum Gasteiger partial charge on any atom is -0.384 e. The molecule has 5 heteroatoms. The highest BCUT2D eigenvalue weighted by Crippen LogP contribution is 2.18. The monoisotopic (exact) mass is 260 g/mol. The molecule has 0 amide bonds. The summed E-state index contributed by atoms with van der Waals surface area (Å²) in [6, 6.07) is 0.321. The lowest BCUT2D eigenvalue weighted by Crippen LogP contribution is -2.49. The first-order valence-electron chi connectivity index (χ1n) is 6.81. The van der Waals surface area contributed by atoms with Gasteiger partial charge in [0.1, 0.15) is 0 Å². The Labute approximate surface area is 111 Å². The van der Waals surface area contributed by atoms with E-state index in [1.165, 1.54) is 12.8 Å². The number of ether oxygens (including phenoxy) is 3. The third-order valence-electron chi connectivity index (χ3n) is 3.48. The topological polar surface area (TPSA) is 57.0 Å². The molecule has 1 rings (SSSR count). The van der Waals surface area contributed by atoms with Crippen LogP contribution in [0.1, 0.15) is 12.8 Å². The SMILES string of the molecule is COCCOCC(CN)N1CCCC(COC)C1. The second-order valence-electron chi connectivity index (χ2n) is 4.92. The molecule has 0 aromatic rings. The maximum atomic E-state index is 5.85. The fourth-order valence-electron chi connectivity index (χ4n) is 2.48. The van der Waals surface area contributed by atoms with E-state index in [0.717, 1.165) is 19.7 Å². The molecule has 0 saturated carbocycles. The van der Waals surface area contributed by atoms with Crippen molar-refractivity contribution in [2.24, 2.45) is 11.7 Å². The highest BCUT2D eigenvalue weighted by Gasteiger charge is 2.25. The van der Waals surface area contributed by atoms with Crippen molar-refractivity contribution >= 4 is 0 Å². The van der Waals surface area contributed by atoms with Crippen LogP contribution in [0.15, 0.2) is 0 Å². The summed E-state index contributed by atoms with van der Waals surface area (Å²) in [4.78, 5) is 2.44. The zero-order valence-electron chi connectivity index (χ0n) is 11.8. The molecule has 1 saturated heterocycles. The fourth-order valence-corrected chi connectivity index (χ4v) is 2.48. The Hall–Kier alpha value is -0.200. The Kier molecular flexibility index (Phi) is 8.54. The third kappa shape index (κ3) is 5.63. The van der Waals surface area contributed by atoms with E-state index < -0.39 is 0 Å². The van der Waals surface area contributed by atoms with Crippen LogP contribution in [0.4, 0.5) is 0 Å². The van der Waals surface area contributed by atoms with Gasteiger partial charge < -0.3 is 19.9 Å². The molecule has 0 aromatic heterocycles. The van der Waals surface area contributed by atoms with E-state index in [4.69, 9.17) is 19.9 Å². The maximum absolute atomic E-state index is 5.85. The van der Waals surface area contributed by atoms with Crippen molar-refractivity contribution in [2.45, 2.75) is 18.9 Å². The Morgan fingerprint density at radius 1 is 1.28 bits per heavy atom. The number of methoxy groups -OCH3 is 2. The molecule has 1 aliphatic rings. The summed E-state index contributed by atoms with van der Waals surface area (Å²) in [5.74, 6) is 0.636. The first-order valence-corrected chi connectivity index (χ1v) is 6.81. The highest BCUT2D eigenvalue weighted by atomic mass is 16.5. The summed E-state index contributed by atoms with van der Waals surface area (Å²) >= 11 is 0. The minimum absolute atomic E-state index is 0.321. The number of hydrogen-bond donors (Lipinski definition) is 1. The summed E-state index contributed by atoms with van der Waals surface area (Å²) in [5.41, 5.74) is 5.85. The van der Waals surface area contributed by atoms with E-state index in [0.29, 0.717) is 38.3 Å². The number of hydrogen-bond acceptors (Lipinski definition) is 5. The molecule has 0 radical (unpaired) electrons. The van der Waals surface area contributed by atoms with Gasteiger partial charge in [0, 0.05) is 33.4 Å². The minimum atomic E-state index is 0.321. The first kappa shape index (κ1) is 15.9. The van der Waals surface area contributed by atoms with Crippen molar-refractivity contribution in [3.63, 3.8) is 0 Å². The molecule has 0 bridgehead atoms. The molecular weight excluding hydrogens is 232 g/mol. The van der Waals surface area contributed by atoms with Crippen LogP contribution in [0.25, 0.3) is 0 Å². The molecule has 5 nitrogen and oxygen atoms in total. The number of likely N-dealkylation sites (tertiary alicyclic amines) is 1. The highest BCUT2D eigenvalue weighted by molar-refractivity contribution is 4.79. The van der Waals surface area contributed by atoms with Crippen molar-refractivity contribution in [3.05, 3.63) is 0 Å². The molecule has 0 spiro atoms. The van der Waals surface area contributed by atoms with Crippen LogP contribution >= 0.6 is 0 Å². The van der Waals surface area contributed by atoms with Crippen LogP contribution in [-0.2, 0) is 14.2 Å². The van der Waals surface area contributed by atoms with Crippen molar-refractivity contribution in [2.75, 3.05) is 60.3 Å². The van der Waals surface area contributed by atoms with Crippen LogP contribution in [0.3, 0.4) is 0 Å². The summed E-state index contributed by atoms with van der Waals surface area (Å²) in [5, 5.41) is 0. The summed E-state index contributed by atoms with van der Waals surface area (Å²) in [6.07, 6.45) is 2.48. The number of nitrogens with two attached hydrogens (primary N) is 1. The summed E-state index contributed by atoms with van der Waals surface area (Å²) < 4.78 is 15.8. The van der Waals surface area contributed by atoms with E-state index >= 15 is 0 Å². The van der Waals surface area contributed by atoms with Crippen molar-refractivity contribution < 1.29 is 14.2 Å². The van der Waals surface area contributed by atoms with Crippen LogP contribution in [-0.4, -0.2) is 71.2 Å². The molecule has 18 heavy (non-hydrogen) atoms. The molecule has 2 unspecified atom stereocenters. The molecule has 0 aromatic carbocycles. The van der Waals surface area contributed by atoms with Crippen LogP contribution in [0.5, 0.6) is 0 Å². The van der Waals surface area contributed by atoms with Gasteiger partial charge in [-0.05, 0) is 25.3 Å². The van der Waals surface area contributed by atoms with E-state index in [1.54, 1.807) is 14.2 Å². The molecule has 1 heterocycles. The van der Waals surface area contributed by atoms with Gasteiger partial charge >= 0.3 is 0 Å². The molecule has 1 fully saturated rings. The lowest BCUT2D eigenvalue weighted by molar-refractivity contribution is 0.0106. The predicted octanol–water partition coefficient (Wildman–Crippen LogP) is 0.335. The lowest BCUT2D eigenvalue weighted by atomic mass is 9.97. The van der Waals surface area contributed by atoms with Gasteiger partial charge in [-0.3, -0.25) is 4.90 Å². The van der Waals surface area contributed by atoms with Crippen molar-refractivity contribution in [3.8, 4) is 0 Å². The number of nitrogens with zero attached hydrogens (tertiary/aromatic N) is 1. The van der Waals surface area contributed by atoms with Crippen LogP contribution < -0.4 is 5.73 Å². The summed E-state index contributed by atoms with van der Waals surface area (Å²) in [7, 11) is 3.46. The van der Waals surface area contributed by atoms with E-state index in [1.807, 2.05) is 0 Å². The lowest BCUT2D eigenvalue weighted by Gasteiger charge is -2.37. The average Bonchev–Trinajstić information content (AvgIpc) is 2.40. The van der Waals surface area contributed by atoms with E-state index in [9.17, 15) is 0 Å². The van der Waals surface area contributed by atoms with Gasteiger partial charge in [-0.2, -0.15) is 0 Å². The standard InChI is InChI=1S/C13H28N2O3/c1-16-6-7-18-11-13(8-14)15-5-3-4-12(9-15)10-17-2/h12-13H,3-11,14H2,1-2H3. The predicted molar refractivity (Wildman–Crippen MR) is 71.7 cm³/mol. The molecule has 0 aliphatic carbocycles. The van der Waals surface area contributed by atoms with Gasteiger partial charge in [0.2, 0.25) is 0 Å². The van der Waals surface area contributed by atoms with Crippen molar-refractivity contribution in [1.29, 1.82) is 0 Å². The quantitative estimate of drug-likeness (QED) is 0.606. The van der Waals surface area contributed by atoms with E-state index in [-0.39, 0.29) is 0 Å². The maximum Gasteiger partial charge on any atom is 0.0701 e. The average molecular weight is 260 g/mol. The Morgan fingerprint density at radius 2 is 2.11 bits per heavy atom. The number of rotatable bonds is 9. The Morgan fingerprint density at radius 3 is 2.78 bits per heavy atom. The third-order valence-corrected chi connectivity index (χ3v) is 3.48. The normalized spacial score (nSPS) is 23.2. The fraction of sp³-hybridized carbons (Fsp3) is 1.00. The van der Waals surface area contributed by atoms with Gasteiger partial charge in [0.25, 0.3) is 0 Å². The van der Waals surface area contributed by atoms with Crippen molar-refractivity contribution in [1.82, 2.24) is 4.90 Å². The second-order valence-corrected chi connectivity index (χ2v) is 4.92. The van der Waals surface area contributed by atoms with E-state index in [2.05, 4.69) is 4.90 Å². The largest absolute Gasteiger partial charge is 0.384 e. The van der Waals surface area contributed by atoms with Gasteiger partial charge in [-0.25, -0.2) is 0 Å². The van der Waals surface area contributed by atoms with Gasteiger partial charge in [-0.1, -0.05) is 0 Å². The van der Waals surface area contributed by atoms with Gasteiger partial charge in [0.15, 0.2) is 0 Å². The van der Waals surface area contributed by atoms with Crippen LogP contribution in [0, 0.1) is 5.92 Å².